The van der Waals surface area contributed by atoms with E-state index in [1.807, 2.05) is 18.2 Å². The summed E-state index contributed by atoms with van der Waals surface area (Å²) >= 11 is 2.09. The van der Waals surface area contributed by atoms with Crippen LogP contribution < -0.4 is 0 Å². The molecule has 80 valence electrons. The van der Waals surface area contributed by atoms with Gasteiger partial charge in [-0.25, -0.2) is 0 Å². The maximum Gasteiger partial charge on any atom is 0.0917 e. The molecule has 2 bridgehead atoms. The van der Waals surface area contributed by atoms with Crippen molar-refractivity contribution in [1.82, 2.24) is 0 Å². The second kappa shape index (κ2) is 3.53. The first kappa shape index (κ1) is 9.73. The molecule has 0 radical (unpaired) electrons. The molecule has 0 aromatic heterocycles. The summed E-state index contributed by atoms with van der Waals surface area (Å²) in [6, 6.07) is 10.2. The lowest BCUT2D eigenvalue weighted by Crippen LogP contribution is -2.34. The molecule has 0 amide bonds. The topological polar surface area (TPSA) is 20.2 Å². The number of hydrogen-bond donors (Lipinski definition) is 1. The summed E-state index contributed by atoms with van der Waals surface area (Å²) in [6.45, 7) is 0. The van der Waals surface area contributed by atoms with Gasteiger partial charge in [-0.1, -0.05) is 30.3 Å². The zero-order valence-electron chi connectivity index (χ0n) is 8.73. The second-order valence-corrected chi connectivity index (χ2v) is 6.37. The number of hydrogen-bond acceptors (Lipinski definition) is 2. The largest absolute Gasteiger partial charge is 0.385 e. The van der Waals surface area contributed by atoms with Crippen molar-refractivity contribution in [2.45, 2.75) is 41.8 Å². The summed E-state index contributed by atoms with van der Waals surface area (Å²) in [5.74, 6) is 0. The summed E-state index contributed by atoms with van der Waals surface area (Å²) in [5, 5.41) is 12.1. The van der Waals surface area contributed by atoms with Gasteiger partial charge in [0.1, 0.15) is 0 Å². The highest BCUT2D eigenvalue weighted by molar-refractivity contribution is 8.00. The van der Waals surface area contributed by atoms with Gasteiger partial charge in [-0.3, -0.25) is 0 Å². The van der Waals surface area contributed by atoms with Gasteiger partial charge in [-0.2, -0.15) is 11.8 Å². The van der Waals surface area contributed by atoms with Crippen LogP contribution in [0.15, 0.2) is 30.3 Å². The third-order valence-corrected chi connectivity index (χ3v) is 5.21. The van der Waals surface area contributed by atoms with Crippen molar-refractivity contribution in [3.63, 3.8) is 0 Å². The van der Waals surface area contributed by atoms with E-state index >= 15 is 0 Å². The van der Waals surface area contributed by atoms with Crippen LogP contribution in [-0.2, 0) is 5.60 Å². The second-order valence-electron chi connectivity index (χ2n) is 4.76. The van der Waals surface area contributed by atoms with Crippen molar-refractivity contribution < 1.29 is 5.11 Å². The summed E-state index contributed by atoms with van der Waals surface area (Å²) in [4.78, 5) is 0. The Labute approximate surface area is 94.9 Å². The summed E-state index contributed by atoms with van der Waals surface area (Å²) < 4.78 is 0. The molecule has 2 aliphatic rings. The molecule has 1 aromatic carbocycles. The van der Waals surface area contributed by atoms with Gasteiger partial charge < -0.3 is 5.11 Å². The third kappa shape index (κ3) is 1.70. The number of thioether (sulfide) groups is 1. The van der Waals surface area contributed by atoms with Crippen LogP contribution in [0.3, 0.4) is 0 Å². The van der Waals surface area contributed by atoms with Gasteiger partial charge in [0.15, 0.2) is 0 Å². The van der Waals surface area contributed by atoms with Crippen LogP contribution in [-0.4, -0.2) is 15.6 Å². The van der Waals surface area contributed by atoms with Gasteiger partial charge >= 0.3 is 0 Å². The van der Waals surface area contributed by atoms with Crippen LogP contribution in [0.4, 0.5) is 0 Å². The molecule has 2 atom stereocenters. The van der Waals surface area contributed by atoms with Crippen molar-refractivity contribution in [3.8, 4) is 0 Å². The lowest BCUT2D eigenvalue weighted by molar-refractivity contribution is 0.0196. The van der Waals surface area contributed by atoms with Crippen molar-refractivity contribution in [1.29, 1.82) is 0 Å². The van der Waals surface area contributed by atoms with Crippen LogP contribution in [0.2, 0.25) is 0 Å². The van der Waals surface area contributed by atoms with Gasteiger partial charge in [0.2, 0.25) is 0 Å². The van der Waals surface area contributed by atoms with Crippen molar-refractivity contribution >= 4 is 11.8 Å². The van der Waals surface area contributed by atoms with Gasteiger partial charge in [-0.05, 0) is 31.2 Å². The number of aliphatic hydroxyl groups is 1. The number of rotatable bonds is 1. The maximum absolute atomic E-state index is 10.7. The first-order valence-corrected chi connectivity index (χ1v) is 6.64. The van der Waals surface area contributed by atoms with Crippen LogP contribution >= 0.6 is 11.8 Å². The lowest BCUT2D eigenvalue weighted by Gasteiger charge is -2.36. The molecule has 2 heterocycles. The Bertz CT molecular complexity index is 337. The highest BCUT2D eigenvalue weighted by atomic mass is 32.2. The Morgan fingerprint density at radius 3 is 2.27 bits per heavy atom. The Hall–Kier alpha value is -0.470. The van der Waals surface area contributed by atoms with Gasteiger partial charge in [0.25, 0.3) is 0 Å². The fourth-order valence-corrected chi connectivity index (χ4v) is 4.73. The quantitative estimate of drug-likeness (QED) is 0.785. The molecule has 2 aliphatic heterocycles. The number of benzene rings is 1. The summed E-state index contributed by atoms with van der Waals surface area (Å²) in [5.41, 5.74) is 0.570. The highest BCUT2D eigenvalue weighted by Gasteiger charge is 2.44. The molecule has 1 aromatic rings. The fourth-order valence-electron chi connectivity index (χ4n) is 2.90. The third-order valence-electron chi connectivity index (χ3n) is 3.64. The summed E-state index contributed by atoms with van der Waals surface area (Å²) in [7, 11) is 0. The molecule has 0 spiro atoms. The SMILES string of the molecule is OC1(c2ccccc2)CC2CCC(C1)S2. The minimum atomic E-state index is -0.543. The lowest BCUT2D eigenvalue weighted by atomic mass is 9.86. The van der Waals surface area contributed by atoms with E-state index in [4.69, 9.17) is 0 Å². The average molecular weight is 220 g/mol. The molecule has 2 heteroatoms. The van der Waals surface area contributed by atoms with Crippen LogP contribution in [0, 0.1) is 0 Å². The first-order chi connectivity index (χ1) is 7.26. The summed E-state index contributed by atoms with van der Waals surface area (Å²) in [6.07, 6.45) is 4.48. The Morgan fingerprint density at radius 2 is 1.67 bits per heavy atom. The molecular weight excluding hydrogens is 204 g/mol. The average Bonchev–Trinajstić information content (AvgIpc) is 2.60. The van der Waals surface area contributed by atoms with E-state index in [1.54, 1.807) is 0 Å². The predicted octanol–water partition coefficient (Wildman–Crippen LogP) is 2.93. The van der Waals surface area contributed by atoms with Crippen molar-refractivity contribution in [2.24, 2.45) is 0 Å². The molecule has 2 unspecified atom stereocenters. The molecular formula is C13H16OS. The van der Waals surface area contributed by atoms with Crippen molar-refractivity contribution in [2.75, 3.05) is 0 Å². The van der Waals surface area contributed by atoms with E-state index in [1.165, 1.54) is 12.8 Å². The van der Waals surface area contributed by atoms with Crippen LogP contribution in [0.1, 0.15) is 31.2 Å². The van der Waals surface area contributed by atoms with Gasteiger partial charge in [0.05, 0.1) is 5.60 Å². The zero-order chi connectivity index (χ0) is 10.3. The molecule has 0 saturated carbocycles. The zero-order valence-corrected chi connectivity index (χ0v) is 9.54. The standard InChI is InChI=1S/C13H16OS/c14-13(10-4-2-1-3-5-10)8-11-6-7-12(9-13)15-11/h1-5,11-12,14H,6-9H2. The molecule has 2 fully saturated rings. The minimum Gasteiger partial charge on any atom is -0.385 e. The van der Waals surface area contributed by atoms with Gasteiger partial charge in [-0.15, -0.1) is 0 Å². The molecule has 1 nitrogen and oxygen atoms in total. The van der Waals surface area contributed by atoms with Crippen LogP contribution in [0.5, 0.6) is 0 Å². The molecule has 15 heavy (non-hydrogen) atoms. The van der Waals surface area contributed by atoms with Crippen molar-refractivity contribution in [3.05, 3.63) is 35.9 Å². The van der Waals surface area contributed by atoms with Crippen LogP contribution in [0.25, 0.3) is 0 Å². The van der Waals surface area contributed by atoms with Gasteiger partial charge in [0, 0.05) is 10.5 Å². The normalized spacial score (nSPS) is 39.3. The molecule has 2 saturated heterocycles. The maximum atomic E-state index is 10.7. The Kier molecular flexibility index (Phi) is 2.29. The first-order valence-electron chi connectivity index (χ1n) is 5.70. The fraction of sp³-hybridized carbons (Fsp3) is 0.538. The molecule has 0 aliphatic carbocycles. The predicted molar refractivity (Wildman–Crippen MR) is 64.0 cm³/mol. The molecule has 1 N–H and O–H groups in total. The molecule has 3 rings (SSSR count). The van der Waals surface area contributed by atoms with E-state index in [9.17, 15) is 5.11 Å². The number of fused-ring (bicyclic) bond motifs is 2. The monoisotopic (exact) mass is 220 g/mol. The van der Waals surface area contributed by atoms with E-state index < -0.39 is 5.60 Å². The Morgan fingerprint density at radius 1 is 1.07 bits per heavy atom. The van der Waals surface area contributed by atoms with E-state index in [0.717, 1.165) is 18.4 Å². The highest BCUT2D eigenvalue weighted by Crippen LogP contribution is 2.51. The van der Waals surface area contributed by atoms with E-state index in [-0.39, 0.29) is 0 Å². The van der Waals surface area contributed by atoms with E-state index in [0.29, 0.717) is 10.5 Å². The Balaban J connectivity index is 1.91. The van der Waals surface area contributed by atoms with E-state index in [2.05, 4.69) is 23.9 Å². The minimum absolute atomic E-state index is 0.543. The smallest absolute Gasteiger partial charge is 0.0917 e.